The molecule has 0 amide bonds. The van der Waals surface area contributed by atoms with Crippen LogP contribution in [-0.4, -0.2) is 24.1 Å². The van der Waals surface area contributed by atoms with Crippen molar-refractivity contribution in [2.24, 2.45) is 0 Å². The second kappa shape index (κ2) is 2.52. The predicted octanol–water partition coefficient (Wildman–Crippen LogP) is 0.376. The number of carbonyl (C=O) groups is 1. The maximum absolute atomic E-state index is 10.8. The molecule has 1 saturated heterocycles. The Hall–Kier alpha value is -0.305. The highest BCUT2D eigenvalue weighted by atomic mass is 16.3. The Balaban J connectivity index is 2.51. The third-order valence-corrected chi connectivity index (χ3v) is 2.21. The molecular weight excluding hydrogens is 115 g/mol. The van der Waals surface area contributed by atoms with Gasteiger partial charge in [-0.3, -0.25) is 0 Å². The molecule has 0 spiro atoms. The van der Waals surface area contributed by atoms with E-state index in [2.05, 4.69) is 0 Å². The number of carbonyl (C=O) groups excluding carboxylic acids is 1. The van der Waals surface area contributed by atoms with Crippen molar-refractivity contribution in [3.05, 3.63) is 0 Å². The molecule has 0 aliphatic carbocycles. The minimum atomic E-state index is 0.106. The van der Waals surface area contributed by atoms with Gasteiger partial charge in [-0.2, -0.15) is 0 Å². The van der Waals surface area contributed by atoms with Gasteiger partial charge in [0.15, 0.2) is 0 Å². The Kier molecular flexibility index (Phi) is 1.91. The van der Waals surface area contributed by atoms with Crippen LogP contribution >= 0.6 is 0 Å². The van der Waals surface area contributed by atoms with Crippen molar-refractivity contribution in [3.63, 3.8) is 0 Å². The van der Waals surface area contributed by atoms with E-state index in [1.807, 2.05) is 6.82 Å². The van der Waals surface area contributed by atoms with Gasteiger partial charge in [-0.15, -0.1) is 0 Å². The van der Waals surface area contributed by atoms with E-state index >= 15 is 0 Å². The molecule has 1 atom stereocenters. The lowest BCUT2D eigenvalue weighted by Crippen LogP contribution is -2.21. The lowest BCUT2D eigenvalue weighted by atomic mass is 9.44. The summed E-state index contributed by atoms with van der Waals surface area (Å²) < 4.78 is 0. The fourth-order valence-electron chi connectivity index (χ4n) is 1.32. The number of aliphatic hydroxyl groups excluding tert-OH is 1. The highest BCUT2D eigenvalue weighted by Crippen LogP contribution is 2.25. The molecule has 1 rings (SSSR count). The SMILES string of the molecule is CB1C(=O)CCC1CO. The van der Waals surface area contributed by atoms with E-state index in [4.69, 9.17) is 5.11 Å². The van der Waals surface area contributed by atoms with Gasteiger partial charge in [-0.25, -0.2) is 0 Å². The third-order valence-electron chi connectivity index (χ3n) is 2.21. The number of hydrogen-bond donors (Lipinski definition) is 1. The molecule has 0 radical (unpaired) electrons. The first-order valence-electron chi connectivity index (χ1n) is 3.39. The van der Waals surface area contributed by atoms with Crippen LogP contribution in [0.5, 0.6) is 0 Å². The van der Waals surface area contributed by atoms with Gasteiger partial charge in [-0.1, -0.05) is 6.82 Å². The molecule has 2 nitrogen and oxygen atoms in total. The van der Waals surface area contributed by atoms with Gasteiger partial charge in [0.2, 0.25) is 6.71 Å². The smallest absolute Gasteiger partial charge is 0.225 e. The molecule has 3 heteroatoms. The second-order valence-corrected chi connectivity index (χ2v) is 2.74. The fourth-order valence-corrected chi connectivity index (χ4v) is 1.32. The van der Waals surface area contributed by atoms with E-state index in [-0.39, 0.29) is 19.1 Å². The van der Waals surface area contributed by atoms with E-state index in [1.54, 1.807) is 0 Å². The quantitative estimate of drug-likeness (QED) is 0.515. The standard InChI is InChI=1S/C6H11BO2/c1-7-5(4-8)2-3-6(7)9/h5,8H,2-4H2,1H3. The molecule has 0 aromatic heterocycles. The van der Waals surface area contributed by atoms with Crippen LogP contribution in [0.4, 0.5) is 0 Å². The lowest BCUT2D eigenvalue weighted by molar-refractivity contribution is -0.111. The van der Waals surface area contributed by atoms with Crippen LogP contribution in [0.3, 0.4) is 0 Å². The van der Waals surface area contributed by atoms with E-state index < -0.39 is 0 Å². The Morgan fingerprint density at radius 2 is 2.56 bits per heavy atom. The predicted molar refractivity (Wildman–Crippen MR) is 36.7 cm³/mol. The van der Waals surface area contributed by atoms with Crippen LogP contribution in [0.25, 0.3) is 0 Å². The first kappa shape index (κ1) is 6.81. The molecule has 0 aromatic rings. The summed E-state index contributed by atoms with van der Waals surface area (Å²) in [5, 5.41) is 8.70. The topological polar surface area (TPSA) is 37.3 Å². The van der Waals surface area contributed by atoms with Gasteiger partial charge >= 0.3 is 0 Å². The lowest BCUT2D eigenvalue weighted by Gasteiger charge is -2.04. The zero-order valence-corrected chi connectivity index (χ0v) is 5.63. The Bertz CT molecular complexity index is 124. The minimum absolute atomic E-state index is 0.106. The van der Waals surface area contributed by atoms with Gasteiger partial charge in [-0.05, 0) is 18.7 Å². The van der Waals surface area contributed by atoms with Gasteiger partial charge in [0.1, 0.15) is 0 Å². The molecule has 0 bridgehead atoms. The summed E-state index contributed by atoms with van der Waals surface area (Å²) in [4.78, 5) is 10.8. The second-order valence-electron chi connectivity index (χ2n) is 2.74. The minimum Gasteiger partial charge on any atom is -0.397 e. The van der Waals surface area contributed by atoms with E-state index in [0.717, 1.165) is 6.42 Å². The van der Waals surface area contributed by atoms with Crippen LogP contribution < -0.4 is 0 Å². The molecule has 9 heavy (non-hydrogen) atoms. The summed E-state index contributed by atoms with van der Waals surface area (Å²) in [6.07, 6.45) is 1.56. The van der Waals surface area contributed by atoms with Gasteiger partial charge in [0.05, 0.1) is 5.68 Å². The van der Waals surface area contributed by atoms with Crippen molar-refractivity contribution in [3.8, 4) is 0 Å². The average molecular weight is 126 g/mol. The summed E-state index contributed by atoms with van der Waals surface area (Å²) in [6, 6.07) is 0. The Labute approximate surface area is 55.3 Å². The summed E-state index contributed by atoms with van der Waals surface area (Å²) >= 11 is 0. The third kappa shape index (κ3) is 1.16. The maximum Gasteiger partial charge on any atom is 0.225 e. The average Bonchev–Trinajstić information content (AvgIpc) is 2.15. The van der Waals surface area contributed by atoms with Gasteiger partial charge < -0.3 is 9.90 Å². The van der Waals surface area contributed by atoms with Crippen molar-refractivity contribution in [1.82, 2.24) is 0 Å². The van der Waals surface area contributed by atoms with Crippen molar-refractivity contribution in [1.29, 1.82) is 0 Å². The van der Waals surface area contributed by atoms with Gasteiger partial charge in [0, 0.05) is 6.61 Å². The van der Waals surface area contributed by atoms with Crippen LogP contribution in [0.1, 0.15) is 12.8 Å². The van der Waals surface area contributed by atoms with Crippen molar-refractivity contribution >= 4 is 12.4 Å². The summed E-state index contributed by atoms with van der Waals surface area (Å²) in [5.74, 6) is 0.248. The molecule has 0 saturated carbocycles. The fraction of sp³-hybridized carbons (Fsp3) is 0.833. The molecular formula is C6H11BO2. The molecule has 0 aromatic carbocycles. The van der Waals surface area contributed by atoms with Crippen LogP contribution in [-0.2, 0) is 4.79 Å². The monoisotopic (exact) mass is 126 g/mol. The maximum atomic E-state index is 10.8. The zero-order valence-electron chi connectivity index (χ0n) is 5.63. The molecule has 50 valence electrons. The van der Waals surface area contributed by atoms with Crippen molar-refractivity contribution < 1.29 is 9.90 Å². The summed E-state index contributed by atoms with van der Waals surface area (Å²) in [6.45, 7) is 2.18. The largest absolute Gasteiger partial charge is 0.397 e. The number of rotatable bonds is 1. The highest BCUT2D eigenvalue weighted by molar-refractivity contribution is 6.91. The molecule has 1 aliphatic heterocycles. The van der Waals surface area contributed by atoms with E-state index in [1.165, 1.54) is 0 Å². The number of aliphatic hydroxyl groups is 1. The molecule has 1 N–H and O–H groups in total. The molecule has 1 fully saturated rings. The van der Waals surface area contributed by atoms with Gasteiger partial charge in [0.25, 0.3) is 0 Å². The molecule has 1 unspecified atom stereocenters. The Morgan fingerprint density at radius 3 is 2.78 bits per heavy atom. The zero-order chi connectivity index (χ0) is 6.85. The highest BCUT2D eigenvalue weighted by Gasteiger charge is 2.33. The van der Waals surface area contributed by atoms with Crippen LogP contribution in [0.2, 0.25) is 12.6 Å². The Morgan fingerprint density at radius 1 is 1.89 bits per heavy atom. The first-order valence-corrected chi connectivity index (χ1v) is 3.39. The summed E-state index contributed by atoms with van der Waals surface area (Å²) in [5.41, 5.74) is 0.314. The van der Waals surface area contributed by atoms with E-state index in [0.29, 0.717) is 12.1 Å². The van der Waals surface area contributed by atoms with E-state index in [9.17, 15) is 4.79 Å². The summed E-state index contributed by atoms with van der Waals surface area (Å²) in [7, 11) is 0. The first-order chi connectivity index (χ1) is 4.25. The van der Waals surface area contributed by atoms with Crippen molar-refractivity contribution in [2.45, 2.75) is 25.5 Å². The number of hydrogen-bond acceptors (Lipinski definition) is 2. The normalized spacial score (nSPS) is 27.6. The molecule has 1 aliphatic rings. The molecule has 1 heterocycles. The van der Waals surface area contributed by atoms with Crippen molar-refractivity contribution in [2.75, 3.05) is 6.61 Å². The van der Waals surface area contributed by atoms with Crippen LogP contribution in [0.15, 0.2) is 0 Å². The van der Waals surface area contributed by atoms with Crippen LogP contribution in [0, 0.1) is 0 Å².